The number of ether oxygens (including phenoxy) is 9. The number of aliphatic hydroxyl groups is 1. The lowest BCUT2D eigenvalue weighted by atomic mass is 10.4. The van der Waals surface area contributed by atoms with Crippen molar-refractivity contribution in [1.82, 2.24) is 0 Å². The van der Waals surface area contributed by atoms with E-state index >= 15 is 0 Å². The predicted octanol–water partition coefficient (Wildman–Crippen LogP) is 2.10. The van der Waals surface area contributed by atoms with E-state index in [4.69, 9.17) is 42.6 Å². The fourth-order valence-electron chi connectivity index (χ4n) is 2.52. The van der Waals surface area contributed by atoms with E-state index in [2.05, 4.69) is 13.8 Å². The first-order valence-electron chi connectivity index (χ1n) is 13.2. The minimum atomic E-state index is -0.675. The molecule has 0 unspecified atom stereocenters. The van der Waals surface area contributed by atoms with E-state index in [1.807, 2.05) is 0 Å². The van der Waals surface area contributed by atoms with Crippen LogP contribution in [0, 0.1) is 0 Å². The lowest BCUT2D eigenvalue weighted by molar-refractivity contribution is -0.0491. The van der Waals surface area contributed by atoms with Gasteiger partial charge in [-0.15, -0.1) is 0 Å². The second-order valence-corrected chi connectivity index (χ2v) is 7.80. The van der Waals surface area contributed by atoms with Gasteiger partial charge in [-0.1, -0.05) is 26.7 Å². The van der Waals surface area contributed by atoms with Crippen LogP contribution in [0.5, 0.6) is 0 Å². The summed E-state index contributed by atoms with van der Waals surface area (Å²) >= 11 is 0. The largest absolute Gasteiger partial charge is 0.388 e. The van der Waals surface area contributed by atoms with Gasteiger partial charge in [-0.3, -0.25) is 0 Å². The summed E-state index contributed by atoms with van der Waals surface area (Å²) in [6.07, 6.45) is 3.78. The molecule has 0 spiro atoms. The van der Waals surface area contributed by atoms with Gasteiger partial charge in [0, 0.05) is 13.2 Å². The van der Waals surface area contributed by atoms with Gasteiger partial charge >= 0.3 is 0 Å². The minimum Gasteiger partial charge on any atom is -0.388 e. The quantitative estimate of drug-likeness (QED) is 0.139. The lowest BCUT2D eigenvalue weighted by Gasteiger charge is -2.12. The summed E-state index contributed by atoms with van der Waals surface area (Å²) in [5.41, 5.74) is 0. The lowest BCUT2D eigenvalue weighted by Crippen LogP contribution is -2.24. The van der Waals surface area contributed by atoms with Crippen molar-refractivity contribution in [3.8, 4) is 0 Å². The van der Waals surface area contributed by atoms with E-state index in [1.54, 1.807) is 0 Å². The standard InChI is InChI=1S/C25H52O10/c1-3-5-7-27-9-11-29-13-14-31-16-18-33-20-22-35-24-25(26)23-34-21-19-32-17-15-30-12-10-28-8-6-4-2/h25-26H,3-24H2,1-2H3/t25-/m0/s1. The van der Waals surface area contributed by atoms with Crippen LogP contribution in [0.3, 0.4) is 0 Å². The number of hydrogen-bond acceptors (Lipinski definition) is 10. The van der Waals surface area contributed by atoms with Gasteiger partial charge in [0.05, 0.1) is 106 Å². The monoisotopic (exact) mass is 512 g/mol. The fourth-order valence-corrected chi connectivity index (χ4v) is 2.52. The van der Waals surface area contributed by atoms with Crippen molar-refractivity contribution in [1.29, 1.82) is 0 Å². The van der Waals surface area contributed by atoms with Crippen LogP contribution in [-0.2, 0) is 42.6 Å². The molecule has 0 aromatic heterocycles. The van der Waals surface area contributed by atoms with Gasteiger partial charge in [-0.05, 0) is 12.8 Å². The molecule has 0 rings (SSSR count). The van der Waals surface area contributed by atoms with Crippen molar-refractivity contribution in [3.05, 3.63) is 0 Å². The van der Waals surface area contributed by atoms with Crippen LogP contribution >= 0.6 is 0 Å². The smallest absolute Gasteiger partial charge is 0.101 e. The van der Waals surface area contributed by atoms with E-state index in [-0.39, 0.29) is 13.2 Å². The molecule has 0 aliphatic carbocycles. The summed E-state index contributed by atoms with van der Waals surface area (Å²) in [6, 6.07) is 0. The van der Waals surface area contributed by atoms with Gasteiger partial charge in [-0.2, -0.15) is 0 Å². The average molecular weight is 513 g/mol. The van der Waals surface area contributed by atoms with Crippen LogP contribution in [0.2, 0.25) is 0 Å². The maximum Gasteiger partial charge on any atom is 0.101 e. The zero-order chi connectivity index (χ0) is 25.5. The topological polar surface area (TPSA) is 103 Å². The van der Waals surface area contributed by atoms with Crippen molar-refractivity contribution in [2.75, 3.05) is 119 Å². The van der Waals surface area contributed by atoms with Crippen LogP contribution < -0.4 is 0 Å². The van der Waals surface area contributed by atoms with Crippen LogP contribution in [0.1, 0.15) is 39.5 Å². The highest BCUT2D eigenvalue weighted by atomic mass is 16.6. The normalized spacial score (nSPS) is 12.4. The van der Waals surface area contributed by atoms with Gasteiger partial charge in [-0.25, -0.2) is 0 Å². The molecule has 0 aromatic rings. The zero-order valence-electron chi connectivity index (χ0n) is 22.3. The summed E-state index contributed by atoms with van der Waals surface area (Å²) in [5, 5.41) is 9.84. The van der Waals surface area contributed by atoms with Gasteiger partial charge in [0.25, 0.3) is 0 Å². The zero-order valence-corrected chi connectivity index (χ0v) is 22.3. The molecule has 0 aromatic carbocycles. The first-order chi connectivity index (χ1) is 17.3. The maximum absolute atomic E-state index is 9.84. The molecule has 1 atom stereocenters. The molecule has 0 saturated heterocycles. The average Bonchev–Trinajstić information content (AvgIpc) is 2.86. The molecular formula is C25H52O10. The molecule has 212 valence electrons. The first-order valence-corrected chi connectivity index (χ1v) is 13.2. The SMILES string of the molecule is CCCCOCCOCCOCCOCCOC[C@@H](O)COCCOCCOCCOCCCC. The molecule has 0 heterocycles. The Morgan fingerprint density at radius 2 is 0.600 bits per heavy atom. The maximum atomic E-state index is 9.84. The third-order valence-electron chi connectivity index (χ3n) is 4.51. The second kappa shape index (κ2) is 31.6. The number of rotatable bonds is 31. The number of hydrogen-bond donors (Lipinski definition) is 1. The highest BCUT2D eigenvalue weighted by Gasteiger charge is 2.04. The Morgan fingerprint density at radius 1 is 0.371 bits per heavy atom. The predicted molar refractivity (Wildman–Crippen MR) is 133 cm³/mol. The van der Waals surface area contributed by atoms with Gasteiger partial charge in [0.1, 0.15) is 6.10 Å². The van der Waals surface area contributed by atoms with Crippen LogP contribution in [0.15, 0.2) is 0 Å². The number of aliphatic hydroxyl groups excluding tert-OH is 1. The molecule has 1 N–H and O–H groups in total. The Labute approximate surface area is 212 Å². The van der Waals surface area contributed by atoms with E-state index in [0.29, 0.717) is 92.5 Å². The molecular weight excluding hydrogens is 460 g/mol. The fraction of sp³-hybridized carbons (Fsp3) is 1.00. The highest BCUT2D eigenvalue weighted by molar-refractivity contribution is 4.51. The Bertz CT molecular complexity index is 376. The second-order valence-electron chi connectivity index (χ2n) is 7.80. The molecule has 0 bridgehead atoms. The Hall–Kier alpha value is -0.400. The molecule has 0 aliphatic heterocycles. The van der Waals surface area contributed by atoms with Crippen LogP contribution in [0.25, 0.3) is 0 Å². The summed E-state index contributed by atoms with van der Waals surface area (Å²) in [6.45, 7) is 13.6. The molecule has 0 amide bonds. The van der Waals surface area contributed by atoms with E-state index in [1.165, 1.54) is 0 Å². The Kier molecular flexibility index (Phi) is 31.3. The Balaban J connectivity index is 3.13. The molecule has 0 fully saturated rings. The summed E-state index contributed by atoms with van der Waals surface area (Å²) < 4.78 is 48.6. The first kappa shape index (κ1) is 34.6. The minimum absolute atomic E-state index is 0.203. The Morgan fingerprint density at radius 3 is 0.857 bits per heavy atom. The molecule has 35 heavy (non-hydrogen) atoms. The summed E-state index contributed by atoms with van der Waals surface area (Å²) in [4.78, 5) is 0. The van der Waals surface area contributed by atoms with Crippen molar-refractivity contribution in [2.45, 2.75) is 45.6 Å². The third kappa shape index (κ3) is 31.6. The molecule has 0 radical (unpaired) electrons. The van der Waals surface area contributed by atoms with Gasteiger partial charge in [0.2, 0.25) is 0 Å². The van der Waals surface area contributed by atoms with Crippen molar-refractivity contribution >= 4 is 0 Å². The van der Waals surface area contributed by atoms with E-state index in [0.717, 1.165) is 38.9 Å². The molecule has 0 aliphatic rings. The van der Waals surface area contributed by atoms with Crippen molar-refractivity contribution < 1.29 is 47.7 Å². The highest BCUT2D eigenvalue weighted by Crippen LogP contribution is 1.91. The molecule has 10 nitrogen and oxygen atoms in total. The summed E-state index contributed by atoms with van der Waals surface area (Å²) in [5.74, 6) is 0. The van der Waals surface area contributed by atoms with Gasteiger partial charge < -0.3 is 47.7 Å². The van der Waals surface area contributed by atoms with Crippen LogP contribution in [-0.4, -0.2) is 130 Å². The van der Waals surface area contributed by atoms with Gasteiger partial charge in [0.15, 0.2) is 0 Å². The van der Waals surface area contributed by atoms with E-state index in [9.17, 15) is 5.11 Å². The third-order valence-corrected chi connectivity index (χ3v) is 4.51. The number of unbranched alkanes of at least 4 members (excludes halogenated alkanes) is 2. The summed E-state index contributed by atoms with van der Waals surface area (Å²) in [7, 11) is 0. The van der Waals surface area contributed by atoms with Crippen molar-refractivity contribution in [3.63, 3.8) is 0 Å². The molecule has 0 saturated carbocycles. The van der Waals surface area contributed by atoms with Crippen LogP contribution in [0.4, 0.5) is 0 Å². The van der Waals surface area contributed by atoms with Crippen molar-refractivity contribution in [2.24, 2.45) is 0 Å². The van der Waals surface area contributed by atoms with E-state index < -0.39 is 6.10 Å². The molecule has 10 heteroatoms.